The minimum atomic E-state index is 0.318. The highest BCUT2D eigenvalue weighted by Crippen LogP contribution is 2.32. The van der Waals surface area contributed by atoms with Crippen molar-refractivity contribution in [3.05, 3.63) is 26.9 Å². The Bertz CT molecular complexity index is 599. The first kappa shape index (κ1) is 11.5. The molecular weight excluding hydrogens is 264 g/mol. The van der Waals surface area contributed by atoms with Crippen molar-refractivity contribution in [1.82, 2.24) is 4.37 Å². The van der Waals surface area contributed by atoms with E-state index < -0.39 is 0 Å². The molecule has 1 aliphatic carbocycles. The van der Waals surface area contributed by atoms with Gasteiger partial charge in [-0.25, -0.2) is 0 Å². The zero-order chi connectivity index (χ0) is 12.5. The lowest BCUT2D eigenvalue weighted by atomic mass is 10.2. The average molecular weight is 276 g/mol. The van der Waals surface area contributed by atoms with E-state index in [9.17, 15) is 0 Å². The number of nitriles is 1. The van der Waals surface area contributed by atoms with Crippen LogP contribution in [0.2, 0.25) is 0 Å². The third-order valence-electron chi connectivity index (χ3n) is 3.05. The van der Waals surface area contributed by atoms with Gasteiger partial charge in [0.15, 0.2) is 5.82 Å². The van der Waals surface area contributed by atoms with E-state index in [4.69, 9.17) is 11.0 Å². The van der Waals surface area contributed by atoms with Crippen molar-refractivity contribution >= 4 is 33.7 Å². The number of nitrogen functional groups attached to an aromatic ring is 1. The summed E-state index contributed by atoms with van der Waals surface area (Å²) in [5.41, 5.74) is 7.58. The predicted octanol–water partition coefficient (Wildman–Crippen LogP) is 2.76. The Balaban J connectivity index is 1.72. The van der Waals surface area contributed by atoms with Crippen LogP contribution in [0.25, 0.3) is 0 Å². The zero-order valence-electron chi connectivity index (χ0n) is 9.69. The maximum Gasteiger partial charge on any atom is 0.157 e. The molecule has 2 aromatic rings. The molecule has 0 atom stereocenters. The van der Waals surface area contributed by atoms with Crippen LogP contribution in [0.4, 0.5) is 10.8 Å². The molecule has 2 heterocycles. The molecule has 4 nitrogen and oxygen atoms in total. The Morgan fingerprint density at radius 3 is 3.17 bits per heavy atom. The summed E-state index contributed by atoms with van der Waals surface area (Å²) in [7, 11) is 0. The average Bonchev–Trinajstić information content (AvgIpc) is 3.00. The normalized spacial score (nSPS) is 13.3. The molecule has 0 saturated carbocycles. The Hall–Kier alpha value is -1.58. The van der Waals surface area contributed by atoms with Crippen LogP contribution in [0.5, 0.6) is 0 Å². The van der Waals surface area contributed by atoms with Crippen LogP contribution < -0.4 is 11.1 Å². The van der Waals surface area contributed by atoms with Crippen LogP contribution in [-0.4, -0.2) is 4.37 Å². The van der Waals surface area contributed by atoms with Crippen molar-refractivity contribution in [2.24, 2.45) is 0 Å². The van der Waals surface area contributed by atoms with Crippen molar-refractivity contribution < 1.29 is 0 Å². The molecule has 0 fully saturated rings. The summed E-state index contributed by atoms with van der Waals surface area (Å²) in [6.45, 7) is 0.744. The van der Waals surface area contributed by atoms with Gasteiger partial charge in [0.2, 0.25) is 0 Å². The fraction of sp³-hybridized carbons (Fsp3) is 0.333. The van der Waals surface area contributed by atoms with Gasteiger partial charge < -0.3 is 11.1 Å². The number of thiophene rings is 1. The van der Waals surface area contributed by atoms with Gasteiger partial charge >= 0.3 is 0 Å². The SMILES string of the molecule is N#Cc1c(N)nsc1NCc1cc2c(s1)CCC2. The van der Waals surface area contributed by atoms with E-state index in [1.807, 2.05) is 11.3 Å². The summed E-state index contributed by atoms with van der Waals surface area (Å²) in [4.78, 5) is 2.84. The molecule has 0 unspecified atom stereocenters. The fourth-order valence-electron chi connectivity index (χ4n) is 2.18. The van der Waals surface area contributed by atoms with Gasteiger partial charge in [0.05, 0.1) is 6.54 Å². The molecule has 1 aliphatic rings. The van der Waals surface area contributed by atoms with Gasteiger partial charge in [-0.3, -0.25) is 0 Å². The van der Waals surface area contributed by atoms with Crippen LogP contribution in [0.1, 0.15) is 27.3 Å². The Kier molecular flexibility index (Phi) is 2.94. The van der Waals surface area contributed by atoms with E-state index >= 15 is 0 Å². The van der Waals surface area contributed by atoms with Crippen molar-refractivity contribution in [3.8, 4) is 6.07 Å². The van der Waals surface area contributed by atoms with Crippen LogP contribution in [-0.2, 0) is 19.4 Å². The largest absolute Gasteiger partial charge is 0.382 e. The maximum absolute atomic E-state index is 8.98. The summed E-state index contributed by atoms with van der Waals surface area (Å²) >= 11 is 3.12. The van der Waals surface area contributed by atoms with Gasteiger partial charge in [-0.1, -0.05) is 0 Å². The van der Waals surface area contributed by atoms with Gasteiger partial charge in [-0.2, -0.15) is 9.64 Å². The predicted molar refractivity (Wildman–Crippen MR) is 74.9 cm³/mol. The summed E-state index contributed by atoms with van der Waals surface area (Å²) in [6, 6.07) is 4.36. The second-order valence-corrected chi connectivity index (χ2v) is 6.25. The molecule has 0 saturated heterocycles. The maximum atomic E-state index is 8.98. The minimum absolute atomic E-state index is 0.318. The Morgan fingerprint density at radius 1 is 1.50 bits per heavy atom. The number of nitrogens with zero attached hydrogens (tertiary/aromatic N) is 2. The van der Waals surface area contributed by atoms with Gasteiger partial charge in [0.1, 0.15) is 16.6 Å². The number of fused-ring (bicyclic) bond motifs is 1. The molecule has 0 aromatic carbocycles. The molecular formula is C12H12N4S2. The molecule has 0 aliphatic heterocycles. The topological polar surface area (TPSA) is 74.7 Å². The summed E-state index contributed by atoms with van der Waals surface area (Å²) in [5, 5.41) is 13.0. The molecule has 92 valence electrons. The monoisotopic (exact) mass is 276 g/mol. The number of nitrogens with one attached hydrogen (secondary N) is 1. The van der Waals surface area contributed by atoms with Crippen molar-refractivity contribution in [1.29, 1.82) is 5.26 Å². The third-order valence-corrected chi connectivity index (χ3v) is 5.11. The lowest BCUT2D eigenvalue weighted by Gasteiger charge is -2.01. The van der Waals surface area contributed by atoms with Crippen molar-refractivity contribution in [2.75, 3.05) is 11.1 Å². The highest BCUT2D eigenvalue weighted by Gasteiger charge is 2.15. The summed E-state index contributed by atoms with van der Waals surface area (Å²) in [6.07, 6.45) is 3.72. The first-order chi connectivity index (χ1) is 8.78. The molecule has 2 aromatic heterocycles. The molecule has 3 rings (SSSR count). The smallest absolute Gasteiger partial charge is 0.157 e. The van der Waals surface area contributed by atoms with Gasteiger partial charge in [-0.15, -0.1) is 11.3 Å². The third kappa shape index (κ3) is 1.96. The molecule has 6 heteroatoms. The number of aromatic nitrogens is 1. The van der Waals surface area contributed by atoms with E-state index in [0.29, 0.717) is 11.4 Å². The van der Waals surface area contributed by atoms with E-state index in [0.717, 1.165) is 11.5 Å². The minimum Gasteiger partial charge on any atom is -0.382 e. The molecule has 18 heavy (non-hydrogen) atoms. The van der Waals surface area contributed by atoms with E-state index in [1.54, 1.807) is 0 Å². The van der Waals surface area contributed by atoms with E-state index in [1.165, 1.54) is 46.1 Å². The van der Waals surface area contributed by atoms with Crippen molar-refractivity contribution in [3.63, 3.8) is 0 Å². The lowest BCUT2D eigenvalue weighted by molar-refractivity contribution is 0.913. The summed E-state index contributed by atoms with van der Waals surface area (Å²) < 4.78 is 3.99. The second-order valence-electron chi connectivity index (χ2n) is 4.25. The van der Waals surface area contributed by atoms with E-state index in [-0.39, 0.29) is 0 Å². The zero-order valence-corrected chi connectivity index (χ0v) is 11.3. The van der Waals surface area contributed by atoms with Crippen LogP contribution in [0.3, 0.4) is 0 Å². The van der Waals surface area contributed by atoms with E-state index in [2.05, 4.69) is 21.8 Å². The first-order valence-corrected chi connectivity index (χ1v) is 7.36. The first-order valence-electron chi connectivity index (χ1n) is 5.77. The van der Waals surface area contributed by atoms with Crippen LogP contribution in [0, 0.1) is 11.3 Å². The quantitative estimate of drug-likeness (QED) is 0.904. The standard InChI is InChI=1S/C12H12N4S2/c13-5-9-11(14)16-18-12(9)15-6-8-4-7-2-1-3-10(7)17-8/h4,15H,1-3,6H2,(H2,14,16). The highest BCUT2D eigenvalue weighted by molar-refractivity contribution is 7.12. The molecule has 0 bridgehead atoms. The van der Waals surface area contributed by atoms with Crippen LogP contribution >= 0.6 is 22.9 Å². The number of anilines is 2. The van der Waals surface area contributed by atoms with Gasteiger partial charge in [0.25, 0.3) is 0 Å². The second kappa shape index (κ2) is 4.59. The van der Waals surface area contributed by atoms with Crippen molar-refractivity contribution in [2.45, 2.75) is 25.8 Å². The molecule has 0 spiro atoms. The van der Waals surface area contributed by atoms with Gasteiger partial charge in [0, 0.05) is 9.75 Å². The number of aryl methyl sites for hydroxylation is 2. The fourth-order valence-corrected chi connectivity index (χ4v) is 4.04. The Morgan fingerprint density at radius 2 is 2.39 bits per heavy atom. The van der Waals surface area contributed by atoms with Crippen LogP contribution in [0.15, 0.2) is 6.07 Å². The summed E-state index contributed by atoms with van der Waals surface area (Å²) in [5.74, 6) is 0.318. The number of hydrogen-bond donors (Lipinski definition) is 2. The highest BCUT2D eigenvalue weighted by atomic mass is 32.1. The Labute approximate surface area is 113 Å². The molecule has 0 radical (unpaired) electrons. The number of rotatable bonds is 3. The number of nitrogens with two attached hydrogens (primary N) is 1. The molecule has 0 amide bonds. The number of hydrogen-bond acceptors (Lipinski definition) is 6. The lowest BCUT2D eigenvalue weighted by Crippen LogP contribution is -1.98. The van der Waals surface area contributed by atoms with Gasteiger partial charge in [-0.05, 0) is 42.4 Å². The molecule has 3 N–H and O–H groups in total.